The number of aliphatic hydroxyl groups is 1. The number of rotatable bonds is 10. The van der Waals surface area contributed by atoms with Gasteiger partial charge < -0.3 is 68.0 Å². The molecule has 6 rings (SSSR count). The van der Waals surface area contributed by atoms with Gasteiger partial charge in [0.05, 0.1) is 36.9 Å². The number of primary amides is 1. The van der Waals surface area contributed by atoms with Gasteiger partial charge in [-0.05, 0) is 28.5 Å². The lowest BCUT2D eigenvalue weighted by Crippen LogP contribution is -2.61. The van der Waals surface area contributed by atoms with Gasteiger partial charge in [-0.15, -0.1) is 0 Å². The fraction of sp³-hybridized carbons (Fsp3) is 0.490. The van der Waals surface area contributed by atoms with Crippen LogP contribution in [0.5, 0.6) is 0 Å². The molecule has 3 aliphatic heterocycles. The van der Waals surface area contributed by atoms with Gasteiger partial charge in [-0.3, -0.25) is 47.9 Å². The third-order valence-corrected chi connectivity index (χ3v) is 15.3. The predicted octanol–water partition coefficient (Wildman–Crippen LogP) is -3.54. The highest BCUT2D eigenvalue weighted by Crippen LogP contribution is 2.31. The Labute approximate surface area is 436 Å². The number of nitrogens with two attached hydrogens (primary N) is 1. The highest BCUT2D eigenvalue weighted by Gasteiger charge is 2.45. The average molecular weight is 1080 g/mol. The zero-order valence-corrected chi connectivity index (χ0v) is 43.0. The molecular formula is C49H63N11O15S. The van der Waals surface area contributed by atoms with Crippen LogP contribution in [0.4, 0.5) is 0 Å². The molecule has 27 heteroatoms. The molecule has 9 atom stereocenters. The molecule has 0 saturated carbocycles. The first kappa shape index (κ1) is 57.3. The number of H-pyrrole nitrogens is 1. The number of carbonyl (C=O) groups is 11. The zero-order valence-electron chi connectivity index (χ0n) is 42.2. The molecule has 4 heterocycles. The number of sulfone groups is 1. The van der Waals surface area contributed by atoms with E-state index in [1.54, 1.807) is 58.0 Å². The third-order valence-electron chi connectivity index (χ3n) is 13.6. The van der Waals surface area contributed by atoms with Crippen molar-refractivity contribution in [3.05, 3.63) is 65.2 Å². The summed E-state index contributed by atoms with van der Waals surface area (Å²) in [6, 6.07) is 2.75. The highest BCUT2D eigenvalue weighted by atomic mass is 32.2. The van der Waals surface area contributed by atoms with Crippen molar-refractivity contribution in [1.29, 1.82) is 0 Å². The summed E-state index contributed by atoms with van der Waals surface area (Å²) in [5.41, 5.74) is 6.12. The molecule has 0 aliphatic carbocycles. The summed E-state index contributed by atoms with van der Waals surface area (Å²) < 4.78 is 35.4. The van der Waals surface area contributed by atoms with Gasteiger partial charge in [-0.2, -0.15) is 0 Å². The number of nitrogens with zero attached hydrogens (tertiary/aromatic N) is 1. The molecule has 410 valence electrons. The molecule has 12 N–H and O–H groups in total. The van der Waals surface area contributed by atoms with Crippen LogP contribution in [0.1, 0.15) is 70.1 Å². The smallest absolute Gasteiger partial charge is 0.397 e. The van der Waals surface area contributed by atoms with Gasteiger partial charge in [0.1, 0.15) is 47.9 Å². The first-order valence-corrected chi connectivity index (χ1v) is 26.3. The van der Waals surface area contributed by atoms with Crippen LogP contribution in [-0.4, -0.2) is 156 Å². The van der Waals surface area contributed by atoms with Crippen molar-refractivity contribution in [1.82, 2.24) is 52.4 Å². The van der Waals surface area contributed by atoms with Crippen LogP contribution in [0.3, 0.4) is 0 Å². The quantitative estimate of drug-likeness (QED) is 0.0692. The fourth-order valence-electron chi connectivity index (χ4n) is 8.99. The second-order valence-electron chi connectivity index (χ2n) is 19.0. The van der Waals surface area contributed by atoms with Gasteiger partial charge >= 0.3 is 11.9 Å². The number of hydrogen-bond donors (Lipinski definition) is 11. The molecule has 1 aromatic heterocycles. The van der Waals surface area contributed by atoms with Gasteiger partial charge in [0.25, 0.3) is 0 Å². The number of nitrogens with one attached hydrogen (secondary N) is 9. The second kappa shape index (κ2) is 25.1. The Morgan fingerprint density at radius 3 is 2.08 bits per heavy atom. The summed E-state index contributed by atoms with van der Waals surface area (Å²) in [6.45, 7) is 3.83. The molecule has 26 nitrogen and oxygen atoms in total. The number of para-hydroxylation sites is 1. The number of carbonyl (C=O) groups excluding carboxylic acids is 11. The maximum Gasteiger partial charge on any atom is 0.397 e. The number of ether oxygens (including phenoxy) is 1. The van der Waals surface area contributed by atoms with Gasteiger partial charge in [0.15, 0.2) is 9.84 Å². The minimum atomic E-state index is -5.01. The first-order chi connectivity index (χ1) is 36.0. The minimum absolute atomic E-state index is 0.0131. The Bertz CT molecular complexity index is 2880. The average Bonchev–Trinajstić information content (AvgIpc) is 3.98. The van der Waals surface area contributed by atoms with E-state index in [4.69, 9.17) is 10.5 Å². The van der Waals surface area contributed by atoms with Crippen molar-refractivity contribution >= 4 is 85.8 Å². The van der Waals surface area contributed by atoms with E-state index in [1.807, 2.05) is 0 Å². The van der Waals surface area contributed by atoms with Crippen LogP contribution in [0.2, 0.25) is 0 Å². The summed E-state index contributed by atoms with van der Waals surface area (Å²) >= 11 is 0. The summed E-state index contributed by atoms with van der Waals surface area (Å²) in [6.07, 6.45) is -2.73. The summed E-state index contributed by atoms with van der Waals surface area (Å²) in [5, 5.41) is 29.7. The van der Waals surface area contributed by atoms with Gasteiger partial charge in [-0.25, -0.2) is 13.2 Å². The molecule has 0 spiro atoms. The molecule has 3 aliphatic rings. The number of fused-ring (bicyclic) bond motifs is 5. The third kappa shape index (κ3) is 14.1. The normalized spacial score (nSPS) is 24.9. The number of aliphatic hydroxyl groups excluding tert-OH is 1. The van der Waals surface area contributed by atoms with Crippen LogP contribution < -0.4 is 48.3 Å². The Kier molecular flexibility index (Phi) is 18.9. The molecule has 2 bridgehead atoms. The van der Waals surface area contributed by atoms with E-state index in [2.05, 4.69) is 47.5 Å². The Balaban J connectivity index is 1.53. The number of aromatic amines is 1. The van der Waals surface area contributed by atoms with Crippen molar-refractivity contribution in [2.75, 3.05) is 25.4 Å². The molecule has 76 heavy (non-hydrogen) atoms. The Morgan fingerprint density at radius 1 is 0.776 bits per heavy atom. The van der Waals surface area contributed by atoms with Gasteiger partial charge in [-0.1, -0.05) is 89.1 Å². The van der Waals surface area contributed by atoms with Crippen molar-refractivity contribution in [3.63, 3.8) is 0 Å². The van der Waals surface area contributed by atoms with Crippen LogP contribution >= 0.6 is 0 Å². The molecule has 1 saturated heterocycles. The number of esters is 1. The van der Waals surface area contributed by atoms with Crippen molar-refractivity contribution in [2.45, 2.75) is 120 Å². The van der Waals surface area contributed by atoms with Gasteiger partial charge in [0.2, 0.25) is 53.2 Å². The van der Waals surface area contributed by atoms with Gasteiger partial charge in [0, 0.05) is 31.3 Å². The molecule has 2 aromatic carbocycles. The predicted molar refractivity (Wildman–Crippen MR) is 267 cm³/mol. The van der Waals surface area contributed by atoms with E-state index in [-0.39, 0.29) is 41.5 Å². The van der Waals surface area contributed by atoms with Crippen LogP contribution in [-0.2, 0) is 86.9 Å². The van der Waals surface area contributed by atoms with E-state index in [1.165, 1.54) is 18.2 Å². The molecule has 0 radical (unpaired) electrons. The molecule has 10 amide bonds. The number of benzene rings is 2. The zero-order chi connectivity index (χ0) is 55.6. The number of aromatic nitrogens is 1. The topological polar surface area (TPSA) is 393 Å². The lowest BCUT2D eigenvalue weighted by molar-refractivity contribution is -0.156. The SMILES string of the molecule is CCC(C)[C@@H]1NC(=O)[C@@H]2C[C@@H](O)CN2C(=O)[C@H](CC(N)=O)NC(=O)[C@@H]2CS(=O)(=O)c3[nH]c4c(CNC(=O)C(=O)OCc5ccccc5)cccc4c3C[C@@H](NC1=O)C(=O)NCC(=O)N[C@@H]([C@@H](C)CC)C(=O)NCC(=O)N2. The second-order valence-corrected chi connectivity index (χ2v) is 21.0. The largest absolute Gasteiger partial charge is 0.454 e. The first-order valence-electron chi connectivity index (χ1n) is 24.7. The van der Waals surface area contributed by atoms with Crippen molar-refractivity contribution in [2.24, 2.45) is 17.6 Å². The molecule has 1 unspecified atom stereocenters. The minimum Gasteiger partial charge on any atom is -0.454 e. The van der Waals surface area contributed by atoms with Crippen LogP contribution in [0, 0.1) is 11.8 Å². The highest BCUT2D eigenvalue weighted by molar-refractivity contribution is 7.91. The summed E-state index contributed by atoms with van der Waals surface area (Å²) in [5.74, 6) is -14.5. The number of hydrogen-bond acceptors (Lipinski definition) is 15. The van der Waals surface area contributed by atoms with Crippen molar-refractivity contribution in [3.8, 4) is 0 Å². The lowest BCUT2D eigenvalue weighted by Gasteiger charge is -2.32. The van der Waals surface area contributed by atoms with E-state index < -0.39 is 179 Å². The Morgan fingerprint density at radius 2 is 1.42 bits per heavy atom. The summed E-state index contributed by atoms with van der Waals surface area (Å²) in [4.78, 5) is 155. The summed E-state index contributed by atoms with van der Waals surface area (Å²) in [7, 11) is -5.01. The monoisotopic (exact) mass is 1080 g/mol. The van der Waals surface area contributed by atoms with E-state index >= 15 is 8.42 Å². The van der Waals surface area contributed by atoms with E-state index in [0.29, 0.717) is 12.0 Å². The Hall–Kier alpha value is -7.94. The standard InChI is InChI=1S/C49H63N11O15S/c1-5-24(3)38-44(68)53-19-36(63)54-33-23-76(73,74)47-30(29-14-10-13-27(40(29)59-47)18-51-46(70)49(72)75-22-26-11-8-7-9-12-26)16-31(41(65)52-20-37(64)57-38)55-45(69)39(25(4)6-2)58-43(67)34-15-28(61)21-60(34)48(71)32(17-35(50)62)56-42(33)66/h7-14,24-25,28,31-34,38-39,59,61H,5-6,15-23H2,1-4H3,(H2,50,62)(H,51,70)(H,52,65)(H,53,68)(H,54,63)(H,55,69)(H,56,66)(H,57,64)(H,58,67)/t24-,25?,28+,31+,32-,33-,34-,38-,39-/m0/s1. The van der Waals surface area contributed by atoms with E-state index in [0.717, 1.165) is 4.90 Å². The molecule has 1 fully saturated rings. The maximum absolute atomic E-state index is 15.1. The maximum atomic E-state index is 15.1. The lowest BCUT2D eigenvalue weighted by atomic mass is 9.96. The fourth-order valence-corrected chi connectivity index (χ4v) is 10.7. The van der Waals surface area contributed by atoms with Crippen LogP contribution in [0.25, 0.3) is 10.9 Å². The van der Waals surface area contributed by atoms with E-state index in [9.17, 15) is 57.8 Å². The van der Waals surface area contributed by atoms with Crippen molar-refractivity contribution < 1.29 is 71.0 Å². The molecule has 3 aromatic rings. The van der Waals surface area contributed by atoms with Crippen LogP contribution in [0.15, 0.2) is 53.6 Å². The number of amides is 10. The molecular weight excluding hydrogens is 1010 g/mol.